The minimum absolute atomic E-state index is 0.0666. The zero-order valence-corrected chi connectivity index (χ0v) is 9.24. The van der Waals surface area contributed by atoms with E-state index in [1.807, 2.05) is 0 Å². The molecule has 2 saturated carbocycles. The van der Waals surface area contributed by atoms with Gasteiger partial charge in [-0.2, -0.15) is 0 Å². The summed E-state index contributed by atoms with van der Waals surface area (Å²) in [4.78, 5) is 26.1. The van der Waals surface area contributed by atoms with Crippen molar-refractivity contribution >= 4 is 11.8 Å². The molecule has 2 fully saturated rings. The molecular formula is C13H15NO2. The fourth-order valence-electron chi connectivity index (χ4n) is 3.85. The maximum Gasteiger partial charge on any atom is 0.257 e. The number of carbonyl (C=O) groups is 2. The molecule has 3 aliphatic carbocycles. The average Bonchev–Trinajstić information content (AvgIpc) is 2.84. The van der Waals surface area contributed by atoms with Crippen molar-refractivity contribution in [2.75, 3.05) is 0 Å². The van der Waals surface area contributed by atoms with E-state index in [0.717, 1.165) is 43.3 Å². The summed E-state index contributed by atoms with van der Waals surface area (Å²) in [6, 6.07) is 0.227. The molecule has 0 aromatic carbocycles. The van der Waals surface area contributed by atoms with E-state index in [4.69, 9.17) is 0 Å². The second-order valence-corrected chi connectivity index (χ2v) is 5.60. The van der Waals surface area contributed by atoms with Gasteiger partial charge >= 0.3 is 0 Å². The SMILES string of the molecule is O=C1C2=C(C(=O)N1C1CCC1)C1CCC2C1. The van der Waals surface area contributed by atoms with Crippen LogP contribution in [-0.2, 0) is 9.59 Å². The molecule has 2 atom stereocenters. The van der Waals surface area contributed by atoms with E-state index in [0.29, 0.717) is 11.8 Å². The van der Waals surface area contributed by atoms with Gasteiger partial charge in [-0.05, 0) is 50.4 Å². The van der Waals surface area contributed by atoms with Crippen molar-refractivity contribution in [3.8, 4) is 0 Å². The van der Waals surface area contributed by atoms with Gasteiger partial charge in [-0.15, -0.1) is 0 Å². The molecule has 84 valence electrons. The fourth-order valence-corrected chi connectivity index (χ4v) is 3.85. The van der Waals surface area contributed by atoms with Crippen LogP contribution in [0, 0.1) is 11.8 Å². The predicted octanol–water partition coefficient (Wildman–Crippen LogP) is 1.63. The number of nitrogens with zero attached hydrogens (tertiary/aromatic N) is 1. The quantitative estimate of drug-likeness (QED) is 0.626. The van der Waals surface area contributed by atoms with E-state index < -0.39 is 0 Å². The lowest BCUT2D eigenvalue weighted by atomic mass is 9.91. The van der Waals surface area contributed by atoms with Gasteiger partial charge in [0.25, 0.3) is 11.8 Å². The molecule has 2 unspecified atom stereocenters. The van der Waals surface area contributed by atoms with E-state index in [2.05, 4.69) is 0 Å². The minimum Gasteiger partial charge on any atom is -0.272 e. The van der Waals surface area contributed by atoms with Gasteiger partial charge in [0, 0.05) is 17.2 Å². The van der Waals surface area contributed by atoms with Gasteiger partial charge in [-0.25, -0.2) is 0 Å². The van der Waals surface area contributed by atoms with Crippen LogP contribution in [0.15, 0.2) is 11.1 Å². The molecule has 4 rings (SSSR count). The summed E-state index contributed by atoms with van der Waals surface area (Å²) in [5.74, 6) is 0.969. The summed E-state index contributed by atoms with van der Waals surface area (Å²) in [6.07, 6.45) is 6.53. The Hall–Kier alpha value is -1.12. The molecule has 0 radical (unpaired) electrons. The summed E-state index contributed by atoms with van der Waals surface area (Å²) in [5, 5.41) is 0. The van der Waals surface area contributed by atoms with Crippen molar-refractivity contribution in [3.05, 3.63) is 11.1 Å². The van der Waals surface area contributed by atoms with Gasteiger partial charge in [0.1, 0.15) is 0 Å². The van der Waals surface area contributed by atoms with Crippen molar-refractivity contribution in [1.82, 2.24) is 4.90 Å². The summed E-state index contributed by atoms with van der Waals surface area (Å²) < 4.78 is 0. The Morgan fingerprint density at radius 1 is 0.875 bits per heavy atom. The van der Waals surface area contributed by atoms with Crippen LogP contribution in [0.25, 0.3) is 0 Å². The molecule has 0 N–H and O–H groups in total. The highest BCUT2D eigenvalue weighted by Crippen LogP contribution is 2.53. The second-order valence-electron chi connectivity index (χ2n) is 5.60. The van der Waals surface area contributed by atoms with Gasteiger partial charge in [-0.3, -0.25) is 14.5 Å². The smallest absolute Gasteiger partial charge is 0.257 e. The molecule has 3 nitrogen and oxygen atoms in total. The van der Waals surface area contributed by atoms with Gasteiger partial charge in [-0.1, -0.05) is 0 Å². The molecule has 2 bridgehead atoms. The number of fused-ring (bicyclic) bond motifs is 4. The average molecular weight is 217 g/mol. The molecular weight excluding hydrogens is 202 g/mol. The van der Waals surface area contributed by atoms with E-state index in [1.54, 1.807) is 4.90 Å². The standard InChI is InChI=1S/C13H15NO2/c15-12-10-7-4-5-8(6-7)11(10)13(16)14(12)9-2-1-3-9/h7-9H,1-6H2. The molecule has 1 heterocycles. The highest BCUT2D eigenvalue weighted by atomic mass is 16.2. The van der Waals surface area contributed by atoms with Crippen molar-refractivity contribution in [2.45, 2.75) is 44.6 Å². The van der Waals surface area contributed by atoms with Crippen LogP contribution >= 0.6 is 0 Å². The van der Waals surface area contributed by atoms with Crippen LogP contribution in [0.3, 0.4) is 0 Å². The normalized spacial score (nSPS) is 37.4. The molecule has 4 aliphatic rings. The predicted molar refractivity (Wildman–Crippen MR) is 57.3 cm³/mol. The highest BCUT2D eigenvalue weighted by Gasteiger charge is 2.53. The van der Waals surface area contributed by atoms with Crippen molar-refractivity contribution in [3.63, 3.8) is 0 Å². The maximum absolute atomic E-state index is 12.3. The lowest BCUT2D eigenvalue weighted by molar-refractivity contribution is -0.142. The van der Waals surface area contributed by atoms with Crippen LogP contribution in [0.4, 0.5) is 0 Å². The van der Waals surface area contributed by atoms with Gasteiger partial charge in [0.2, 0.25) is 0 Å². The van der Waals surface area contributed by atoms with E-state index in [1.165, 1.54) is 6.42 Å². The molecule has 0 saturated heterocycles. The van der Waals surface area contributed by atoms with Gasteiger partial charge < -0.3 is 0 Å². The third kappa shape index (κ3) is 0.864. The summed E-state index contributed by atoms with van der Waals surface area (Å²) in [5.41, 5.74) is 1.82. The third-order valence-electron chi connectivity index (χ3n) is 4.88. The van der Waals surface area contributed by atoms with Gasteiger partial charge in [0.15, 0.2) is 0 Å². The Labute approximate surface area is 94.5 Å². The first kappa shape index (κ1) is 8.97. The molecule has 3 heteroatoms. The summed E-state index contributed by atoms with van der Waals surface area (Å²) in [6.45, 7) is 0. The number of carbonyl (C=O) groups excluding carboxylic acids is 2. The van der Waals surface area contributed by atoms with Crippen LogP contribution in [0.5, 0.6) is 0 Å². The Kier molecular flexibility index (Phi) is 1.55. The largest absolute Gasteiger partial charge is 0.272 e. The van der Waals surface area contributed by atoms with Crippen LogP contribution in [0.1, 0.15) is 38.5 Å². The Morgan fingerprint density at radius 3 is 1.88 bits per heavy atom. The van der Waals surface area contributed by atoms with Crippen LogP contribution in [0.2, 0.25) is 0 Å². The lowest BCUT2D eigenvalue weighted by Gasteiger charge is -2.34. The monoisotopic (exact) mass is 217 g/mol. The highest BCUT2D eigenvalue weighted by molar-refractivity contribution is 6.20. The lowest BCUT2D eigenvalue weighted by Crippen LogP contribution is -2.45. The van der Waals surface area contributed by atoms with Crippen LogP contribution < -0.4 is 0 Å². The number of amides is 2. The van der Waals surface area contributed by atoms with E-state index in [9.17, 15) is 9.59 Å². The summed E-state index contributed by atoms with van der Waals surface area (Å²) in [7, 11) is 0. The molecule has 0 spiro atoms. The molecule has 16 heavy (non-hydrogen) atoms. The first-order chi connectivity index (χ1) is 7.77. The summed E-state index contributed by atoms with van der Waals surface area (Å²) >= 11 is 0. The molecule has 0 aromatic heterocycles. The minimum atomic E-state index is 0.0666. The Bertz CT molecular complexity index is 401. The van der Waals surface area contributed by atoms with E-state index in [-0.39, 0.29) is 17.9 Å². The first-order valence-electron chi connectivity index (χ1n) is 6.39. The van der Waals surface area contributed by atoms with Gasteiger partial charge in [0.05, 0.1) is 0 Å². The Balaban J connectivity index is 1.74. The first-order valence-corrected chi connectivity index (χ1v) is 6.39. The van der Waals surface area contributed by atoms with E-state index >= 15 is 0 Å². The Morgan fingerprint density at radius 2 is 1.44 bits per heavy atom. The third-order valence-corrected chi connectivity index (χ3v) is 4.88. The number of likely N-dealkylation sites (tertiary alicyclic amines) is 1. The van der Waals surface area contributed by atoms with Crippen LogP contribution in [-0.4, -0.2) is 22.8 Å². The number of hydrogen-bond acceptors (Lipinski definition) is 2. The maximum atomic E-state index is 12.3. The number of rotatable bonds is 1. The van der Waals surface area contributed by atoms with Crippen molar-refractivity contribution in [1.29, 1.82) is 0 Å². The molecule has 1 aliphatic heterocycles. The topological polar surface area (TPSA) is 37.4 Å². The van der Waals surface area contributed by atoms with Crippen molar-refractivity contribution < 1.29 is 9.59 Å². The second kappa shape index (κ2) is 2.76. The van der Waals surface area contributed by atoms with Crippen molar-refractivity contribution in [2.24, 2.45) is 11.8 Å². The molecule has 2 amide bonds. The number of hydrogen-bond donors (Lipinski definition) is 0. The number of imide groups is 1. The fraction of sp³-hybridized carbons (Fsp3) is 0.692. The zero-order valence-electron chi connectivity index (χ0n) is 9.24. The molecule has 0 aromatic rings. The zero-order chi connectivity index (χ0) is 10.9.